The number of aryl methyl sites for hydroxylation is 3. The van der Waals surface area contributed by atoms with Crippen LogP contribution in [0.3, 0.4) is 0 Å². The van der Waals surface area contributed by atoms with Crippen molar-refractivity contribution in [1.82, 2.24) is 9.97 Å². The van der Waals surface area contributed by atoms with E-state index in [0.717, 1.165) is 33.3 Å². The second-order valence-corrected chi connectivity index (χ2v) is 9.58. The fraction of sp³-hybridized carbons (Fsp3) is 0.233. The Morgan fingerprint density at radius 3 is 2.59 bits per heavy atom. The number of esters is 1. The van der Waals surface area contributed by atoms with Crippen molar-refractivity contribution in [2.75, 3.05) is 12.4 Å². The minimum absolute atomic E-state index is 0.0639. The van der Waals surface area contributed by atoms with Crippen LogP contribution in [0.15, 0.2) is 57.7 Å². The van der Waals surface area contributed by atoms with Gasteiger partial charge in [0.1, 0.15) is 11.3 Å². The van der Waals surface area contributed by atoms with E-state index in [-0.39, 0.29) is 17.2 Å². The highest BCUT2D eigenvalue weighted by Gasteiger charge is 2.21. The third-order valence-corrected chi connectivity index (χ3v) is 6.66. The molecule has 0 amide bonds. The number of benzene rings is 2. The quantitative estimate of drug-likeness (QED) is 0.269. The van der Waals surface area contributed by atoms with Gasteiger partial charge >= 0.3 is 5.97 Å². The molecule has 188 valence electrons. The number of carbonyl (C=O) groups excluding carboxylic acids is 1. The van der Waals surface area contributed by atoms with Crippen molar-refractivity contribution in [2.24, 2.45) is 0 Å². The van der Waals surface area contributed by atoms with Gasteiger partial charge in [0, 0.05) is 39.0 Å². The summed E-state index contributed by atoms with van der Waals surface area (Å²) in [5.41, 5.74) is 7.16. The molecule has 37 heavy (non-hydrogen) atoms. The van der Waals surface area contributed by atoms with Gasteiger partial charge in [-0.2, -0.15) is 0 Å². The van der Waals surface area contributed by atoms with E-state index in [1.54, 1.807) is 6.92 Å². The summed E-state index contributed by atoms with van der Waals surface area (Å²) in [5, 5.41) is 4.96. The van der Waals surface area contributed by atoms with E-state index < -0.39 is 5.97 Å². The van der Waals surface area contributed by atoms with Gasteiger partial charge in [-0.1, -0.05) is 6.07 Å². The fourth-order valence-corrected chi connectivity index (χ4v) is 4.82. The van der Waals surface area contributed by atoms with Crippen LogP contribution in [0, 0.1) is 27.7 Å². The monoisotopic (exact) mass is 495 g/mol. The first-order valence-electron chi connectivity index (χ1n) is 12.2. The second-order valence-electron chi connectivity index (χ2n) is 9.58. The first-order chi connectivity index (χ1) is 17.7. The predicted octanol–water partition coefficient (Wildman–Crippen LogP) is 6.53. The summed E-state index contributed by atoms with van der Waals surface area (Å²) in [6, 6.07) is 15.3. The molecular weight excluding hydrogens is 466 g/mol. The third-order valence-electron chi connectivity index (χ3n) is 6.66. The summed E-state index contributed by atoms with van der Waals surface area (Å²) >= 11 is 0. The maximum Gasteiger partial charge on any atom is 0.358 e. The third kappa shape index (κ3) is 4.37. The summed E-state index contributed by atoms with van der Waals surface area (Å²) in [6.45, 7) is 9.55. The van der Waals surface area contributed by atoms with Gasteiger partial charge in [-0.25, -0.2) is 9.78 Å². The SMILES string of the molecule is COC(=O)c1nc(C)ccc1NC(C)c1cc(C)cc2c(=O)c(C)c(-c3ccc4[nH]c(C)cc4c3)oc12. The van der Waals surface area contributed by atoms with Crippen molar-refractivity contribution < 1.29 is 13.9 Å². The molecule has 7 heteroatoms. The molecule has 5 aromatic rings. The molecule has 0 spiro atoms. The number of fused-ring (bicyclic) bond motifs is 2. The van der Waals surface area contributed by atoms with Gasteiger partial charge in [0.15, 0.2) is 11.1 Å². The van der Waals surface area contributed by atoms with Gasteiger partial charge in [0.2, 0.25) is 0 Å². The number of hydrogen-bond acceptors (Lipinski definition) is 6. The number of aromatic nitrogens is 2. The van der Waals surface area contributed by atoms with E-state index in [1.807, 2.05) is 70.2 Å². The molecule has 5 rings (SSSR count). The average molecular weight is 496 g/mol. The van der Waals surface area contributed by atoms with Gasteiger partial charge in [0.25, 0.3) is 0 Å². The number of carbonyl (C=O) groups is 1. The van der Waals surface area contributed by atoms with E-state index >= 15 is 0 Å². The van der Waals surface area contributed by atoms with Gasteiger partial charge in [-0.3, -0.25) is 4.79 Å². The van der Waals surface area contributed by atoms with Crippen molar-refractivity contribution in [3.63, 3.8) is 0 Å². The molecule has 0 saturated heterocycles. The van der Waals surface area contributed by atoms with Crippen molar-refractivity contribution in [1.29, 1.82) is 0 Å². The van der Waals surface area contributed by atoms with E-state index in [1.165, 1.54) is 7.11 Å². The van der Waals surface area contributed by atoms with Gasteiger partial charge in [-0.05, 0) is 82.6 Å². The zero-order valence-corrected chi connectivity index (χ0v) is 21.8. The van der Waals surface area contributed by atoms with Crippen LogP contribution in [-0.2, 0) is 4.74 Å². The molecule has 1 atom stereocenters. The number of ether oxygens (including phenoxy) is 1. The lowest BCUT2D eigenvalue weighted by molar-refractivity contribution is 0.0595. The predicted molar refractivity (Wildman–Crippen MR) is 146 cm³/mol. The summed E-state index contributed by atoms with van der Waals surface area (Å²) in [7, 11) is 1.33. The molecule has 0 bridgehead atoms. The molecule has 2 N–H and O–H groups in total. The zero-order valence-electron chi connectivity index (χ0n) is 21.8. The van der Waals surface area contributed by atoms with Gasteiger partial charge in [0.05, 0.1) is 24.2 Å². The molecule has 0 fully saturated rings. The van der Waals surface area contributed by atoms with Crippen LogP contribution >= 0.6 is 0 Å². The zero-order chi connectivity index (χ0) is 26.4. The molecule has 0 radical (unpaired) electrons. The molecule has 0 saturated carbocycles. The van der Waals surface area contributed by atoms with Crippen LogP contribution in [0.1, 0.15) is 51.5 Å². The number of nitrogens with one attached hydrogen (secondary N) is 2. The molecule has 3 aromatic heterocycles. The first kappa shape index (κ1) is 24.3. The number of H-pyrrole nitrogens is 1. The van der Waals surface area contributed by atoms with Gasteiger partial charge in [-0.15, -0.1) is 0 Å². The normalized spacial score (nSPS) is 12.2. The molecule has 7 nitrogen and oxygen atoms in total. The highest BCUT2D eigenvalue weighted by Crippen LogP contribution is 2.33. The highest BCUT2D eigenvalue weighted by molar-refractivity contribution is 5.94. The Hall–Kier alpha value is -4.39. The van der Waals surface area contributed by atoms with E-state index in [9.17, 15) is 9.59 Å². The maximum absolute atomic E-state index is 13.5. The Bertz CT molecular complexity index is 1750. The van der Waals surface area contributed by atoms with Crippen LogP contribution in [0.5, 0.6) is 0 Å². The van der Waals surface area contributed by atoms with Gasteiger partial charge < -0.3 is 19.5 Å². The van der Waals surface area contributed by atoms with E-state index in [2.05, 4.69) is 21.4 Å². The average Bonchev–Trinajstić information content (AvgIpc) is 3.25. The second kappa shape index (κ2) is 9.24. The lowest BCUT2D eigenvalue weighted by Crippen LogP contribution is -2.15. The molecule has 2 aromatic carbocycles. The Morgan fingerprint density at radius 2 is 1.84 bits per heavy atom. The summed E-state index contributed by atoms with van der Waals surface area (Å²) < 4.78 is 11.5. The Labute approximate surface area is 214 Å². The van der Waals surface area contributed by atoms with Crippen molar-refractivity contribution in [2.45, 2.75) is 40.7 Å². The summed E-state index contributed by atoms with van der Waals surface area (Å²) in [4.78, 5) is 33.6. The van der Waals surface area contributed by atoms with E-state index in [0.29, 0.717) is 33.7 Å². The van der Waals surface area contributed by atoms with Crippen molar-refractivity contribution in [3.8, 4) is 11.3 Å². The standard InChI is InChI=1S/C30H29N3O4/c1-15-11-22(19(5)33-25-9-7-16(2)32-26(25)30(35)36-6)29-23(12-15)27(34)18(4)28(37-29)20-8-10-24-21(14-20)13-17(3)31-24/h7-14,19,31,33H,1-6H3. The Balaban J connectivity index is 1.66. The molecule has 3 heterocycles. The molecule has 0 aliphatic rings. The number of hydrogen-bond donors (Lipinski definition) is 2. The first-order valence-corrected chi connectivity index (χ1v) is 12.2. The fourth-order valence-electron chi connectivity index (χ4n) is 4.82. The molecule has 0 aliphatic heterocycles. The van der Waals surface area contributed by atoms with Crippen LogP contribution in [0.4, 0.5) is 5.69 Å². The topological polar surface area (TPSA) is 97.2 Å². The number of nitrogens with zero attached hydrogens (tertiary/aromatic N) is 1. The minimum Gasteiger partial charge on any atom is -0.464 e. The Morgan fingerprint density at radius 1 is 1.05 bits per heavy atom. The summed E-state index contributed by atoms with van der Waals surface area (Å²) in [6.07, 6.45) is 0. The maximum atomic E-state index is 13.5. The van der Waals surface area contributed by atoms with Crippen LogP contribution in [0.25, 0.3) is 33.2 Å². The summed E-state index contributed by atoms with van der Waals surface area (Å²) in [5.74, 6) is 0.0233. The number of rotatable bonds is 5. The largest absolute Gasteiger partial charge is 0.464 e. The molecular formula is C30H29N3O4. The molecule has 0 aliphatic carbocycles. The number of aromatic amines is 1. The molecule has 1 unspecified atom stereocenters. The number of anilines is 1. The van der Waals surface area contributed by atoms with Crippen LogP contribution in [-0.4, -0.2) is 23.0 Å². The lowest BCUT2D eigenvalue weighted by Gasteiger charge is -2.20. The van der Waals surface area contributed by atoms with Crippen molar-refractivity contribution >= 4 is 33.5 Å². The lowest BCUT2D eigenvalue weighted by atomic mass is 9.98. The number of pyridine rings is 1. The minimum atomic E-state index is -0.521. The van der Waals surface area contributed by atoms with Crippen LogP contribution < -0.4 is 10.7 Å². The highest BCUT2D eigenvalue weighted by atomic mass is 16.5. The Kier molecular flexibility index (Phi) is 6.07. The number of methoxy groups -OCH3 is 1. The van der Waals surface area contributed by atoms with Crippen molar-refractivity contribution in [3.05, 3.63) is 92.5 Å². The van der Waals surface area contributed by atoms with Crippen LogP contribution in [0.2, 0.25) is 0 Å². The smallest absolute Gasteiger partial charge is 0.358 e. The van der Waals surface area contributed by atoms with E-state index in [4.69, 9.17) is 9.15 Å².